The van der Waals surface area contributed by atoms with E-state index in [0.717, 1.165) is 43.4 Å². The second kappa shape index (κ2) is 7.20. The van der Waals surface area contributed by atoms with Crippen LogP contribution in [-0.2, 0) is 12.3 Å². The summed E-state index contributed by atoms with van der Waals surface area (Å²) in [5, 5.41) is 0. The predicted molar refractivity (Wildman–Crippen MR) is 98.7 cm³/mol. The number of rotatable bonds is 3. The molecule has 0 saturated heterocycles. The summed E-state index contributed by atoms with van der Waals surface area (Å²) in [5.41, 5.74) is 0.210. The summed E-state index contributed by atoms with van der Waals surface area (Å²) in [4.78, 5) is 0. The Morgan fingerprint density at radius 3 is 2.15 bits per heavy atom. The van der Waals surface area contributed by atoms with Gasteiger partial charge < -0.3 is 0 Å². The SMILES string of the molecule is CC1CCC(CC2CCC(C3Cc4cccc(F)c4C3(F)F)CC2)CC1. The minimum absolute atomic E-state index is 0.0411. The highest BCUT2D eigenvalue weighted by molar-refractivity contribution is 5.38. The van der Waals surface area contributed by atoms with Crippen molar-refractivity contribution >= 4 is 0 Å². The van der Waals surface area contributed by atoms with Crippen molar-refractivity contribution in [1.82, 2.24) is 0 Å². The topological polar surface area (TPSA) is 0 Å². The lowest BCUT2D eigenvalue weighted by atomic mass is 9.70. The van der Waals surface area contributed by atoms with Crippen molar-refractivity contribution in [1.29, 1.82) is 0 Å². The Morgan fingerprint density at radius 1 is 0.923 bits per heavy atom. The maximum absolute atomic E-state index is 14.9. The highest BCUT2D eigenvalue weighted by atomic mass is 19.3. The molecule has 0 nitrogen and oxygen atoms in total. The third kappa shape index (κ3) is 3.43. The molecule has 0 spiro atoms. The van der Waals surface area contributed by atoms with Gasteiger partial charge in [-0.05, 0) is 61.0 Å². The van der Waals surface area contributed by atoms with Crippen LogP contribution in [0.2, 0.25) is 0 Å². The van der Waals surface area contributed by atoms with Crippen LogP contribution in [0.15, 0.2) is 18.2 Å². The first-order chi connectivity index (χ1) is 12.4. The van der Waals surface area contributed by atoms with E-state index in [1.807, 2.05) is 0 Å². The minimum Gasteiger partial charge on any atom is -0.206 e. The summed E-state index contributed by atoms with van der Waals surface area (Å²) in [5.74, 6) is -1.93. The minimum atomic E-state index is -3.00. The molecule has 3 aliphatic rings. The van der Waals surface area contributed by atoms with Crippen LogP contribution in [0.1, 0.15) is 75.8 Å². The van der Waals surface area contributed by atoms with Crippen molar-refractivity contribution < 1.29 is 13.2 Å². The van der Waals surface area contributed by atoms with Gasteiger partial charge in [-0.25, -0.2) is 13.2 Å². The summed E-state index contributed by atoms with van der Waals surface area (Å²) in [6, 6.07) is 4.42. The fourth-order valence-electron chi connectivity index (χ4n) is 5.99. The van der Waals surface area contributed by atoms with Gasteiger partial charge in [0.15, 0.2) is 0 Å². The van der Waals surface area contributed by atoms with E-state index < -0.39 is 17.7 Å². The average molecular weight is 364 g/mol. The molecule has 2 saturated carbocycles. The molecule has 1 aromatic rings. The van der Waals surface area contributed by atoms with Crippen molar-refractivity contribution in [3.05, 3.63) is 35.1 Å². The van der Waals surface area contributed by atoms with Crippen molar-refractivity contribution in [2.75, 3.05) is 0 Å². The highest BCUT2D eigenvalue weighted by Gasteiger charge is 2.53. The highest BCUT2D eigenvalue weighted by Crippen LogP contribution is 2.53. The Labute approximate surface area is 155 Å². The number of halogens is 3. The molecule has 1 unspecified atom stereocenters. The predicted octanol–water partition coefficient (Wildman–Crippen LogP) is 7.11. The summed E-state index contributed by atoms with van der Waals surface area (Å²) >= 11 is 0. The number of alkyl halides is 2. The Kier molecular flexibility index (Phi) is 5.09. The summed E-state index contributed by atoms with van der Waals surface area (Å²) in [6.07, 6.45) is 11.0. The molecule has 0 bridgehead atoms. The average Bonchev–Trinajstić information content (AvgIpc) is 2.90. The van der Waals surface area contributed by atoms with Gasteiger partial charge in [0, 0.05) is 5.92 Å². The van der Waals surface area contributed by atoms with Crippen LogP contribution < -0.4 is 0 Å². The third-order valence-corrected chi connectivity index (χ3v) is 7.60. The Hall–Kier alpha value is -0.990. The van der Waals surface area contributed by atoms with Gasteiger partial charge in [-0.15, -0.1) is 0 Å². The van der Waals surface area contributed by atoms with E-state index in [4.69, 9.17) is 0 Å². The van der Waals surface area contributed by atoms with Gasteiger partial charge in [0.2, 0.25) is 0 Å². The van der Waals surface area contributed by atoms with E-state index in [1.165, 1.54) is 38.2 Å². The van der Waals surface area contributed by atoms with E-state index in [2.05, 4.69) is 6.92 Å². The third-order valence-electron chi connectivity index (χ3n) is 7.60. The number of hydrogen-bond acceptors (Lipinski definition) is 0. The molecule has 1 atom stereocenters. The van der Waals surface area contributed by atoms with E-state index in [1.54, 1.807) is 12.1 Å². The molecular formula is C23H31F3. The van der Waals surface area contributed by atoms with Crippen molar-refractivity contribution in [2.45, 2.75) is 77.1 Å². The Morgan fingerprint density at radius 2 is 1.54 bits per heavy atom. The monoisotopic (exact) mass is 364 g/mol. The number of benzene rings is 1. The van der Waals surface area contributed by atoms with Crippen LogP contribution in [-0.4, -0.2) is 0 Å². The second-order valence-corrected chi connectivity index (χ2v) is 9.35. The fraction of sp³-hybridized carbons (Fsp3) is 0.739. The van der Waals surface area contributed by atoms with Crippen molar-refractivity contribution in [3.8, 4) is 0 Å². The molecule has 3 heteroatoms. The number of hydrogen-bond donors (Lipinski definition) is 0. The molecule has 4 rings (SSSR count). The van der Waals surface area contributed by atoms with Crippen LogP contribution in [0.3, 0.4) is 0 Å². The van der Waals surface area contributed by atoms with Gasteiger partial charge in [-0.1, -0.05) is 57.6 Å². The van der Waals surface area contributed by atoms with Gasteiger partial charge >= 0.3 is 0 Å². The first kappa shape index (κ1) is 18.4. The molecular weight excluding hydrogens is 333 g/mol. The van der Waals surface area contributed by atoms with Gasteiger partial charge in [0.25, 0.3) is 5.92 Å². The summed E-state index contributed by atoms with van der Waals surface area (Å²) in [6.45, 7) is 2.35. The van der Waals surface area contributed by atoms with Crippen LogP contribution in [0.5, 0.6) is 0 Å². The summed E-state index contributed by atoms with van der Waals surface area (Å²) in [7, 11) is 0. The normalized spacial score (nSPS) is 36.7. The Balaban J connectivity index is 1.35. The zero-order valence-corrected chi connectivity index (χ0v) is 15.8. The van der Waals surface area contributed by atoms with Gasteiger partial charge in [0.05, 0.1) is 5.56 Å². The molecule has 26 heavy (non-hydrogen) atoms. The van der Waals surface area contributed by atoms with Gasteiger partial charge in [0.1, 0.15) is 5.82 Å². The van der Waals surface area contributed by atoms with Crippen LogP contribution in [0, 0.1) is 35.4 Å². The van der Waals surface area contributed by atoms with Crippen LogP contribution in [0.4, 0.5) is 13.2 Å². The van der Waals surface area contributed by atoms with Gasteiger partial charge in [-0.2, -0.15) is 0 Å². The lowest BCUT2D eigenvalue weighted by Gasteiger charge is -2.37. The maximum atomic E-state index is 14.9. The van der Waals surface area contributed by atoms with Crippen LogP contribution >= 0.6 is 0 Å². The Bertz CT molecular complexity index is 622. The standard InChI is InChI=1S/C23H31F3/c1-15-5-7-16(8-6-15)13-17-9-11-18(12-10-17)20-14-19-3-2-4-21(24)22(19)23(20,25)26/h2-4,15-18,20H,5-14H2,1H3. The van der Waals surface area contributed by atoms with E-state index in [0.29, 0.717) is 12.0 Å². The first-order valence-electron chi connectivity index (χ1n) is 10.6. The smallest absolute Gasteiger partial charge is 0.206 e. The second-order valence-electron chi connectivity index (χ2n) is 9.35. The van der Waals surface area contributed by atoms with Crippen LogP contribution in [0.25, 0.3) is 0 Å². The molecule has 0 amide bonds. The first-order valence-corrected chi connectivity index (χ1v) is 10.6. The molecule has 0 aromatic heterocycles. The molecule has 0 radical (unpaired) electrons. The lowest BCUT2D eigenvalue weighted by Crippen LogP contribution is -2.32. The fourth-order valence-corrected chi connectivity index (χ4v) is 5.99. The van der Waals surface area contributed by atoms with Gasteiger partial charge in [-0.3, -0.25) is 0 Å². The van der Waals surface area contributed by atoms with Crippen molar-refractivity contribution in [2.24, 2.45) is 29.6 Å². The molecule has 0 heterocycles. The largest absolute Gasteiger partial charge is 0.279 e. The molecule has 0 N–H and O–H groups in total. The molecule has 2 fully saturated rings. The quantitative estimate of drug-likeness (QED) is 0.536. The zero-order chi connectivity index (χ0) is 18.3. The molecule has 3 aliphatic carbocycles. The molecule has 1 aromatic carbocycles. The van der Waals surface area contributed by atoms with E-state index in [9.17, 15) is 13.2 Å². The lowest BCUT2D eigenvalue weighted by molar-refractivity contribution is -0.0843. The number of fused-ring (bicyclic) bond motifs is 1. The zero-order valence-electron chi connectivity index (χ0n) is 15.8. The molecule has 144 valence electrons. The molecule has 0 aliphatic heterocycles. The van der Waals surface area contributed by atoms with E-state index in [-0.39, 0.29) is 11.5 Å². The van der Waals surface area contributed by atoms with E-state index >= 15 is 0 Å². The van der Waals surface area contributed by atoms with Crippen molar-refractivity contribution in [3.63, 3.8) is 0 Å². The maximum Gasteiger partial charge on any atom is 0.279 e. The summed E-state index contributed by atoms with van der Waals surface area (Å²) < 4.78 is 43.8.